The summed E-state index contributed by atoms with van der Waals surface area (Å²) in [6.45, 7) is 7.25. The third kappa shape index (κ3) is 2.47. The minimum atomic E-state index is -0.227. The Morgan fingerprint density at radius 2 is 1.84 bits per heavy atom. The molecule has 1 aromatic heterocycles. The van der Waals surface area contributed by atoms with E-state index in [1.165, 1.54) is 6.07 Å². The van der Waals surface area contributed by atoms with Gasteiger partial charge in [0.1, 0.15) is 17.3 Å². The van der Waals surface area contributed by atoms with Crippen LogP contribution in [0.1, 0.15) is 33.0 Å². The highest BCUT2D eigenvalue weighted by Gasteiger charge is 2.18. The molecule has 1 heterocycles. The average molecular weight is 259 g/mol. The van der Waals surface area contributed by atoms with Crippen molar-refractivity contribution in [3.8, 4) is 5.75 Å². The average Bonchev–Trinajstić information content (AvgIpc) is 2.58. The van der Waals surface area contributed by atoms with Crippen molar-refractivity contribution >= 4 is 11.6 Å². The monoisotopic (exact) mass is 259 g/mol. The molecule has 0 aliphatic rings. The third-order valence-electron chi connectivity index (χ3n) is 3.26. The second-order valence-corrected chi connectivity index (χ2v) is 4.67. The molecule has 1 amide bonds. The smallest absolute Gasteiger partial charge is 0.259 e. The number of aromatic hydroxyl groups is 1. The lowest BCUT2D eigenvalue weighted by Gasteiger charge is -2.07. The summed E-state index contributed by atoms with van der Waals surface area (Å²) >= 11 is 0. The SMILES string of the molecule is Cc1ccc(NC(=O)c2c(C)oc(C)c2C)cc1O. The summed E-state index contributed by atoms with van der Waals surface area (Å²) in [6, 6.07) is 5.04. The van der Waals surface area contributed by atoms with Crippen LogP contribution in [0.15, 0.2) is 22.6 Å². The van der Waals surface area contributed by atoms with Gasteiger partial charge in [0.15, 0.2) is 0 Å². The lowest BCUT2D eigenvalue weighted by Crippen LogP contribution is -2.13. The van der Waals surface area contributed by atoms with Crippen LogP contribution in [0, 0.1) is 27.7 Å². The molecule has 0 aliphatic carbocycles. The number of amides is 1. The first-order valence-corrected chi connectivity index (χ1v) is 6.07. The molecule has 2 N–H and O–H groups in total. The summed E-state index contributed by atoms with van der Waals surface area (Å²) in [7, 11) is 0. The number of phenolic OH excluding ortho intramolecular Hbond substituents is 1. The highest BCUT2D eigenvalue weighted by atomic mass is 16.3. The molecule has 0 spiro atoms. The lowest BCUT2D eigenvalue weighted by molar-refractivity contribution is 0.102. The first-order chi connectivity index (χ1) is 8.90. The molecule has 0 atom stereocenters. The molecule has 0 fully saturated rings. The number of furan rings is 1. The van der Waals surface area contributed by atoms with Crippen LogP contribution in [-0.2, 0) is 0 Å². The number of benzene rings is 1. The highest BCUT2D eigenvalue weighted by Crippen LogP contribution is 2.24. The van der Waals surface area contributed by atoms with Gasteiger partial charge in [-0.25, -0.2) is 0 Å². The maximum atomic E-state index is 12.2. The largest absolute Gasteiger partial charge is 0.508 e. The second kappa shape index (κ2) is 4.80. The standard InChI is InChI=1S/C15H17NO3/c1-8-5-6-12(7-13(8)17)16-15(18)14-9(2)10(3)19-11(14)4/h5-7,17H,1-4H3,(H,16,18). The molecule has 2 rings (SSSR count). The maximum Gasteiger partial charge on any atom is 0.259 e. The molecular weight excluding hydrogens is 242 g/mol. The molecule has 0 saturated carbocycles. The maximum absolute atomic E-state index is 12.2. The van der Waals surface area contributed by atoms with E-state index in [2.05, 4.69) is 5.32 Å². The van der Waals surface area contributed by atoms with Crippen LogP contribution in [0.4, 0.5) is 5.69 Å². The van der Waals surface area contributed by atoms with Crippen LogP contribution in [0.3, 0.4) is 0 Å². The number of phenols is 1. The number of nitrogens with one attached hydrogen (secondary N) is 1. The number of aryl methyl sites for hydroxylation is 3. The highest BCUT2D eigenvalue weighted by molar-refractivity contribution is 6.06. The van der Waals surface area contributed by atoms with Gasteiger partial charge in [0.05, 0.1) is 5.56 Å². The molecule has 2 aromatic rings. The van der Waals surface area contributed by atoms with Crippen molar-refractivity contribution in [2.24, 2.45) is 0 Å². The number of rotatable bonds is 2. The van der Waals surface area contributed by atoms with Crippen LogP contribution in [0.25, 0.3) is 0 Å². The summed E-state index contributed by atoms with van der Waals surface area (Å²) in [4.78, 5) is 12.2. The first kappa shape index (κ1) is 13.2. The van der Waals surface area contributed by atoms with Gasteiger partial charge >= 0.3 is 0 Å². The fraction of sp³-hybridized carbons (Fsp3) is 0.267. The number of carbonyl (C=O) groups excluding carboxylic acids is 1. The van der Waals surface area contributed by atoms with Crippen LogP contribution in [0.5, 0.6) is 5.75 Å². The third-order valence-corrected chi connectivity index (χ3v) is 3.26. The zero-order valence-electron chi connectivity index (χ0n) is 11.5. The van der Waals surface area contributed by atoms with E-state index in [1.807, 2.05) is 13.8 Å². The molecule has 0 aliphatic heterocycles. The van der Waals surface area contributed by atoms with Gasteiger partial charge in [0.2, 0.25) is 0 Å². The van der Waals surface area contributed by atoms with Crippen molar-refractivity contribution < 1.29 is 14.3 Å². The van der Waals surface area contributed by atoms with Crippen molar-refractivity contribution in [1.29, 1.82) is 0 Å². The second-order valence-electron chi connectivity index (χ2n) is 4.67. The quantitative estimate of drug-likeness (QED) is 0.868. The van der Waals surface area contributed by atoms with Gasteiger partial charge < -0.3 is 14.8 Å². The summed E-state index contributed by atoms with van der Waals surface area (Å²) in [6.07, 6.45) is 0. The Kier molecular flexibility index (Phi) is 3.34. The van der Waals surface area contributed by atoms with Gasteiger partial charge in [-0.2, -0.15) is 0 Å². The molecular formula is C15H17NO3. The van der Waals surface area contributed by atoms with Crippen molar-refractivity contribution in [1.82, 2.24) is 0 Å². The fourth-order valence-corrected chi connectivity index (χ4v) is 2.01. The fourth-order valence-electron chi connectivity index (χ4n) is 2.01. The Hall–Kier alpha value is -2.23. The normalized spacial score (nSPS) is 10.5. The van der Waals surface area contributed by atoms with Crippen molar-refractivity contribution in [2.45, 2.75) is 27.7 Å². The molecule has 100 valence electrons. The van der Waals surface area contributed by atoms with Gasteiger partial charge in [-0.15, -0.1) is 0 Å². The van der Waals surface area contributed by atoms with Gasteiger partial charge in [-0.3, -0.25) is 4.79 Å². The van der Waals surface area contributed by atoms with Gasteiger partial charge in [-0.1, -0.05) is 6.07 Å². The Morgan fingerprint density at radius 1 is 1.16 bits per heavy atom. The van der Waals surface area contributed by atoms with Crippen LogP contribution in [-0.4, -0.2) is 11.0 Å². The molecule has 1 aromatic carbocycles. The van der Waals surface area contributed by atoms with Crippen LogP contribution < -0.4 is 5.32 Å². The number of hydrogen-bond acceptors (Lipinski definition) is 3. The van der Waals surface area contributed by atoms with Crippen LogP contribution >= 0.6 is 0 Å². The molecule has 4 nitrogen and oxygen atoms in total. The van der Waals surface area contributed by atoms with Crippen molar-refractivity contribution in [3.05, 3.63) is 46.4 Å². The van der Waals surface area contributed by atoms with Crippen molar-refractivity contribution in [3.63, 3.8) is 0 Å². The summed E-state index contributed by atoms with van der Waals surface area (Å²) in [5, 5.41) is 12.4. The van der Waals surface area contributed by atoms with E-state index in [1.54, 1.807) is 26.0 Å². The number of hydrogen-bond donors (Lipinski definition) is 2. The Balaban J connectivity index is 2.28. The molecule has 0 saturated heterocycles. The predicted octanol–water partition coefficient (Wildman–Crippen LogP) is 3.47. The van der Waals surface area contributed by atoms with E-state index in [-0.39, 0.29) is 11.7 Å². The summed E-state index contributed by atoms with van der Waals surface area (Å²) in [5.74, 6) is 1.28. The van der Waals surface area contributed by atoms with E-state index in [9.17, 15) is 9.90 Å². The van der Waals surface area contributed by atoms with E-state index in [0.29, 0.717) is 17.0 Å². The predicted molar refractivity (Wildman–Crippen MR) is 73.7 cm³/mol. The Labute approximate surface area is 112 Å². The summed E-state index contributed by atoms with van der Waals surface area (Å²) in [5.41, 5.74) is 2.72. The molecule has 0 bridgehead atoms. The molecule has 0 radical (unpaired) electrons. The zero-order chi connectivity index (χ0) is 14.2. The molecule has 4 heteroatoms. The van der Waals surface area contributed by atoms with Gasteiger partial charge in [-0.05, 0) is 39.3 Å². The zero-order valence-corrected chi connectivity index (χ0v) is 11.5. The summed E-state index contributed by atoms with van der Waals surface area (Å²) < 4.78 is 5.44. The van der Waals surface area contributed by atoms with Crippen LogP contribution in [0.2, 0.25) is 0 Å². The Bertz CT molecular complexity index is 641. The molecule has 0 unspecified atom stereocenters. The lowest BCUT2D eigenvalue weighted by atomic mass is 10.1. The van der Waals surface area contributed by atoms with Gasteiger partial charge in [0, 0.05) is 17.3 Å². The Morgan fingerprint density at radius 3 is 2.37 bits per heavy atom. The number of carbonyl (C=O) groups is 1. The van der Waals surface area contributed by atoms with E-state index >= 15 is 0 Å². The first-order valence-electron chi connectivity index (χ1n) is 6.07. The van der Waals surface area contributed by atoms with Crippen molar-refractivity contribution in [2.75, 3.05) is 5.32 Å². The molecule has 19 heavy (non-hydrogen) atoms. The number of anilines is 1. The topological polar surface area (TPSA) is 62.5 Å². The van der Waals surface area contributed by atoms with E-state index < -0.39 is 0 Å². The van der Waals surface area contributed by atoms with E-state index in [0.717, 1.165) is 16.9 Å². The minimum Gasteiger partial charge on any atom is -0.508 e. The van der Waals surface area contributed by atoms with E-state index in [4.69, 9.17) is 4.42 Å². The van der Waals surface area contributed by atoms with Gasteiger partial charge in [0.25, 0.3) is 5.91 Å². The minimum absolute atomic E-state index is 0.162.